The summed E-state index contributed by atoms with van der Waals surface area (Å²) in [6.07, 6.45) is 5.68. The van der Waals surface area contributed by atoms with E-state index in [4.69, 9.17) is 4.74 Å². The van der Waals surface area contributed by atoms with Crippen LogP contribution in [0.4, 0.5) is 5.00 Å². The van der Waals surface area contributed by atoms with Gasteiger partial charge in [0, 0.05) is 11.0 Å². The van der Waals surface area contributed by atoms with Gasteiger partial charge in [0.05, 0.1) is 15.8 Å². The number of ether oxygens (including phenoxy) is 1. The summed E-state index contributed by atoms with van der Waals surface area (Å²) in [5, 5.41) is 13.3. The minimum absolute atomic E-state index is 0.406. The number of carbonyl (C=O) groups excluding carboxylic acids is 2. The van der Waals surface area contributed by atoms with E-state index in [1.165, 1.54) is 28.7 Å². The Morgan fingerprint density at radius 2 is 2.14 bits per heavy atom. The number of benzene rings is 1. The van der Waals surface area contributed by atoms with Crippen molar-refractivity contribution in [1.82, 2.24) is 4.98 Å². The molecule has 0 saturated heterocycles. The molecule has 0 fully saturated rings. The second-order valence-corrected chi connectivity index (χ2v) is 8.35. The summed E-state index contributed by atoms with van der Waals surface area (Å²) >= 11 is 2.90. The number of esters is 1. The van der Waals surface area contributed by atoms with Crippen LogP contribution in [-0.2, 0) is 27.2 Å². The van der Waals surface area contributed by atoms with Crippen LogP contribution in [0, 0.1) is 11.3 Å². The Balaban J connectivity index is 1.32. The smallest absolute Gasteiger partial charge is 0.331 e. The van der Waals surface area contributed by atoms with Crippen molar-refractivity contribution >= 4 is 55.8 Å². The summed E-state index contributed by atoms with van der Waals surface area (Å²) in [7, 11) is 0. The molecule has 8 heteroatoms. The number of carbonyl (C=O) groups is 2. The SMILES string of the molecule is N#Cc1c(NC(=O)COC(=O)/C=C/c2nc3ccccc3s2)sc2c1CCC2. The Morgan fingerprint density at radius 1 is 1.29 bits per heavy atom. The van der Waals surface area contributed by atoms with E-state index in [1.54, 1.807) is 6.08 Å². The molecule has 2 heterocycles. The summed E-state index contributed by atoms with van der Waals surface area (Å²) in [5.74, 6) is -1.08. The quantitative estimate of drug-likeness (QED) is 0.509. The summed E-state index contributed by atoms with van der Waals surface area (Å²) in [6.45, 7) is -0.406. The van der Waals surface area contributed by atoms with Gasteiger partial charge in [-0.15, -0.1) is 22.7 Å². The summed E-state index contributed by atoms with van der Waals surface area (Å²) in [4.78, 5) is 29.5. The minimum atomic E-state index is -0.622. The van der Waals surface area contributed by atoms with Gasteiger partial charge in [0.2, 0.25) is 0 Å². The highest BCUT2D eigenvalue weighted by molar-refractivity contribution is 7.19. The number of amides is 1. The molecule has 1 aliphatic carbocycles. The maximum absolute atomic E-state index is 12.1. The molecular weight excluding hydrogens is 394 g/mol. The van der Waals surface area contributed by atoms with Gasteiger partial charge in [-0.25, -0.2) is 9.78 Å². The second kappa shape index (κ2) is 7.92. The average Bonchev–Trinajstić information content (AvgIpc) is 3.38. The first kappa shape index (κ1) is 18.3. The van der Waals surface area contributed by atoms with Crippen LogP contribution in [0.2, 0.25) is 0 Å². The molecular formula is C20H15N3O3S2. The number of anilines is 1. The summed E-state index contributed by atoms with van der Waals surface area (Å²) < 4.78 is 6.02. The van der Waals surface area contributed by atoms with E-state index in [0.29, 0.717) is 15.6 Å². The molecule has 0 atom stereocenters. The van der Waals surface area contributed by atoms with E-state index < -0.39 is 18.5 Å². The first-order chi connectivity index (χ1) is 13.6. The monoisotopic (exact) mass is 409 g/mol. The lowest BCUT2D eigenvalue weighted by atomic mass is 10.1. The van der Waals surface area contributed by atoms with Gasteiger partial charge in [0.1, 0.15) is 16.1 Å². The third-order valence-corrected chi connectivity index (χ3v) is 6.51. The topological polar surface area (TPSA) is 92.1 Å². The first-order valence-corrected chi connectivity index (χ1v) is 10.3. The van der Waals surface area contributed by atoms with E-state index in [2.05, 4.69) is 16.4 Å². The van der Waals surface area contributed by atoms with Crippen molar-refractivity contribution in [3.63, 3.8) is 0 Å². The number of para-hydroxylation sites is 1. The van der Waals surface area contributed by atoms with Crippen LogP contribution >= 0.6 is 22.7 Å². The number of thiophene rings is 1. The number of aryl methyl sites for hydroxylation is 1. The minimum Gasteiger partial charge on any atom is -0.452 e. The molecule has 0 spiro atoms. The van der Waals surface area contributed by atoms with Gasteiger partial charge in [-0.3, -0.25) is 4.79 Å². The molecule has 1 N–H and O–H groups in total. The molecule has 140 valence electrons. The fourth-order valence-corrected chi connectivity index (χ4v) is 5.18. The Morgan fingerprint density at radius 3 is 2.96 bits per heavy atom. The zero-order chi connectivity index (χ0) is 19.5. The first-order valence-electron chi connectivity index (χ1n) is 8.69. The molecule has 0 bridgehead atoms. The molecule has 2 aromatic heterocycles. The highest BCUT2D eigenvalue weighted by atomic mass is 32.1. The van der Waals surface area contributed by atoms with E-state index in [0.717, 1.165) is 39.9 Å². The predicted molar refractivity (Wildman–Crippen MR) is 109 cm³/mol. The molecule has 1 aliphatic rings. The van der Waals surface area contributed by atoms with Crippen LogP contribution in [0.15, 0.2) is 30.3 Å². The van der Waals surface area contributed by atoms with Gasteiger partial charge in [-0.1, -0.05) is 12.1 Å². The van der Waals surface area contributed by atoms with E-state index in [1.807, 2.05) is 24.3 Å². The molecule has 28 heavy (non-hydrogen) atoms. The lowest BCUT2D eigenvalue weighted by Crippen LogP contribution is -2.20. The third-order valence-electron chi connectivity index (χ3n) is 4.30. The Hall–Kier alpha value is -3.02. The van der Waals surface area contributed by atoms with E-state index >= 15 is 0 Å². The van der Waals surface area contributed by atoms with Gasteiger partial charge in [0.15, 0.2) is 6.61 Å². The van der Waals surface area contributed by atoms with Gasteiger partial charge in [-0.05, 0) is 43.0 Å². The van der Waals surface area contributed by atoms with Gasteiger partial charge in [-0.2, -0.15) is 5.26 Å². The van der Waals surface area contributed by atoms with Crippen LogP contribution < -0.4 is 5.32 Å². The lowest BCUT2D eigenvalue weighted by Gasteiger charge is -2.04. The molecule has 4 rings (SSSR count). The highest BCUT2D eigenvalue weighted by Crippen LogP contribution is 2.38. The van der Waals surface area contributed by atoms with Gasteiger partial charge >= 0.3 is 5.97 Å². The molecule has 6 nitrogen and oxygen atoms in total. The molecule has 0 unspecified atom stereocenters. The maximum Gasteiger partial charge on any atom is 0.331 e. The number of rotatable bonds is 5. The Labute approximate surface area is 169 Å². The molecule has 3 aromatic rings. The number of nitrogens with one attached hydrogen (secondary N) is 1. The van der Waals surface area contributed by atoms with Crippen molar-refractivity contribution in [3.8, 4) is 6.07 Å². The highest BCUT2D eigenvalue weighted by Gasteiger charge is 2.23. The maximum atomic E-state index is 12.1. The van der Waals surface area contributed by atoms with Crippen LogP contribution in [0.25, 0.3) is 16.3 Å². The summed E-state index contributed by atoms with van der Waals surface area (Å²) in [6, 6.07) is 9.87. The summed E-state index contributed by atoms with van der Waals surface area (Å²) in [5.41, 5.74) is 2.45. The Bertz CT molecular complexity index is 1100. The van der Waals surface area contributed by atoms with Crippen molar-refractivity contribution in [1.29, 1.82) is 5.26 Å². The van der Waals surface area contributed by atoms with Crippen LogP contribution in [0.3, 0.4) is 0 Å². The molecule has 1 aromatic carbocycles. The van der Waals surface area contributed by atoms with Crippen LogP contribution in [0.1, 0.15) is 27.4 Å². The number of hydrogen-bond donors (Lipinski definition) is 1. The third kappa shape index (κ3) is 3.81. The fraction of sp³-hybridized carbons (Fsp3) is 0.200. The Kier molecular flexibility index (Phi) is 5.19. The van der Waals surface area contributed by atoms with Crippen molar-refractivity contribution in [3.05, 3.63) is 51.4 Å². The fourth-order valence-electron chi connectivity index (χ4n) is 3.06. The largest absolute Gasteiger partial charge is 0.452 e. The van der Waals surface area contributed by atoms with Crippen molar-refractivity contribution in [2.75, 3.05) is 11.9 Å². The molecule has 0 radical (unpaired) electrons. The molecule has 0 aliphatic heterocycles. The van der Waals surface area contributed by atoms with E-state index in [9.17, 15) is 14.9 Å². The zero-order valence-corrected chi connectivity index (χ0v) is 16.4. The van der Waals surface area contributed by atoms with E-state index in [-0.39, 0.29) is 0 Å². The van der Waals surface area contributed by atoms with Crippen molar-refractivity contribution < 1.29 is 14.3 Å². The van der Waals surface area contributed by atoms with Crippen molar-refractivity contribution in [2.24, 2.45) is 0 Å². The predicted octanol–water partition coefficient (Wildman–Crippen LogP) is 3.91. The van der Waals surface area contributed by atoms with Crippen LogP contribution in [0.5, 0.6) is 0 Å². The lowest BCUT2D eigenvalue weighted by molar-refractivity contribution is -0.142. The molecule has 0 saturated carbocycles. The van der Waals surface area contributed by atoms with Crippen LogP contribution in [-0.4, -0.2) is 23.5 Å². The average molecular weight is 409 g/mol. The number of fused-ring (bicyclic) bond motifs is 2. The number of hydrogen-bond acceptors (Lipinski definition) is 7. The van der Waals surface area contributed by atoms with Crippen molar-refractivity contribution in [2.45, 2.75) is 19.3 Å². The standard InChI is InChI=1S/C20H15N3O3S2/c21-10-13-12-4-3-7-15(12)28-20(13)23-17(24)11-26-19(25)9-8-18-22-14-5-1-2-6-16(14)27-18/h1-2,5-6,8-9H,3-4,7,11H2,(H,23,24)/b9-8+. The normalized spacial score (nSPS) is 12.8. The number of nitrogens with zero attached hydrogens (tertiary/aromatic N) is 2. The second-order valence-electron chi connectivity index (χ2n) is 6.18. The van der Waals surface area contributed by atoms with Gasteiger partial charge in [0.25, 0.3) is 5.91 Å². The number of aromatic nitrogens is 1. The number of nitriles is 1. The zero-order valence-electron chi connectivity index (χ0n) is 14.7. The molecule has 1 amide bonds. The number of thiazole rings is 1. The van der Waals surface area contributed by atoms with Gasteiger partial charge < -0.3 is 10.1 Å².